The van der Waals surface area contributed by atoms with E-state index in [4.69, 9.17) is 4.74 Å². The minimum Gasteiger partial charge on any atom is -0.494 e. The van der Waals surface area contributed by atoms with Crippen molar-refractivity contribution in [1.82, 2.24) is 10.2 Å². The Morgan fingerprint density at radius 2 is 1.81 bits per heavy atom. The van der Waals surface area contributed by atoms with Crippen LogP contribution in [0.3, 0.4) is 0 Å². The van der Waals surface area contributed by atoms with Gasteiger partial charge in [-0.15, -0.1) is 0 Å². The number of rotatable bonds is 10. The maximum Gasteiger partial charge on any atom is 0.119 e. The number of ether oxygens (including phenoxy) is 1. The molecule has 0 aliphatic rings. The van der Waals surface area contributed by atoms with Crippen molar-refractivity contribution in [3.05, 3.63) is 29.8 Å². The second-order valence-electron chi connectivity index (χ2n) is 5.84. The molecule has 0 bridgehead atoms. The van der Waals surface area contributed by atoms with Crippen molar-refractivity contribution in [3.63, 3.8) is 0 Å². The van der Waals surface area contributed by atoms with Crippen LogP contribution in [0.25, 0.3) is 0 Å². The van der Waals surface area contributed by atoms with Crippen LogP contribution < -0.4 is 10.1 Å². The molecule has 0 saturated carbocycles. The first kappa shape index (κ1) is 18.0. The molecule has 0 fully saturated rings. The van der Waals surface area contributed by atoms with E-state index in [9.17, 15) is 0 Å². The monoisotopic (exact) mass is 292 g/mol. The van der Waals surface area contributed by atoms with Gasteiger partial charge in [-0.2, -0.15) is 0 Å². The average Bonchev–Trinajstić information content (AvgIpc) is 2.51. The van der Waals surface area contributed by atoms with E-state index in [1.54, 1.807) is 0 Å². The van der Waals surface area contributed by atoms with Crippen LogP contribution in [0, 0.1) is 0 Å². The fourth-order valence-electron chi connectivity index (χ4n) is 2.49. The summed E-state index contributed by atoms with van der Waals surface area (Å²) < 4.78 is 5.64. The van der Waals surface area contributed by atoms with Gasteiger partial charge in [0.1, 0.15) is 5.75 Å². The van der Waals surface area contributed by atoms with E-state index in [-0.39, 0.29) is 0 Å². The molecule has 0 aromatic heterocycles. The smallest absolute Gasteiger partial charge is 0.119 e. The number of benzene rings is 1. The van der Waals surface area contributed by atoms with Crippen molar-refractivity contribution in [2.24, 2.45) is 0 Å². The molecule has 2 unspecified atom stereocenters. The van der Waals surface area contributed by atoms with E-state index in [0.717, 1.165) is 25.3 Å². The molecule has 0 saturated heterocycles. The molecule has 1 aromatic carbocycles. The van der Waals surface area contributed by atoms with Crippen LogP contribution in [-0.4, -0.2) is 38.2 Å². The highest BCUT2D eigenvalue weighted by molar-refractivity contribution is 5.29. The molecular weight excluding hydrogens is 260 g/mol. The molecule has 1 aromatic rings. The molecule has 2 atom stereocenters. The molecule has 3 heteroatoms. The quantitative estimate of drug-likeness (QED) is 0.709. The van der Waals surface area contributed by atoms with Gasteiger partial charge in [0.05, 0.1) is 6.61 Å². The third-order valence-corrected chi connectivity index (χ3v) is 4.03. The molecule has 0 aliphatic carbocycles. The number of nitrogens with zero attached hydrogens (tertiary/aromatic N) is 1. The molecule has 0 spiro atoms. The fourth-order valence-corrected chi connectivity index (χ4v) is 2.49. The summed E-state index contributed by atoms with van der Waals surface area (Å²) in [7, 11) is 4.24. The summed E-state index contributed by atoms with van der Waals surface area (Å²) >= 11 is 0. The van der Waals surface area contributed by atoms with Gasteiger partial charge in [0.15, 0.2) is 0 Å². The summed E-state index contributed by atoms with van der Waals surface area (Å²) in [5.41, 5.74) is 1.32. The third kappa shape index (κ3) is 6.06. The molecule has 0 amide bonds. The number of likely N-dealkylation sites (N-methyl/N-ethyl adjacent to an activating group) is 2. The maximum absolute atomic E-state index is 5.64. The zero-order valence-electron chi connectivity index (χ0n) is 14.4. The topological polar surface area (TPSA) is 24.5 Å². The Bertz CT molecular complexity index is 377. The van der Waals surface area contributed by atoms with Gasteiger partial charge in [-0.1, -0.05) is 32.4 Å². The summed E-state index contributed by atoms with van der Waals surface area (Å²) in [5, 5.41) is 3.43. The lowest BCUT2D eigenvalue weighted by Gasteiger charge is -2.29. The van der Waals surface area contributed by atoms with Crippen LogP contribution in [0.15, 0.2) is 24.3 Å². The number of hydrogen-bond donors (Lipinski definition) is 1. The summed E-state index contributed by atoms with van der Waals surface area (Å²) in [5.74, 6) is 0.961. The van der Waals surface area contributed by atoms with E-state index in [0.29, 0.717) is 12.1 Å². The Balaban J connectivity index is 2.62. The zero-order valence-corrected chi connectivity index (χ0v) is 14.4. The highest BCUT2D eigenvalue weighted by Crippen LogP contribution is 2.19. The molecule has 1 N–H and O–H groups in total. The van der Waals surface area contributed by atoms with E-state index in [1.165, 1.54) is 18.4 Å². The normalized spacial score (nSPS) is 14.2. The molecule has 120 valence electrons. The van der Waals surface area contributed by atoms with Gasteiger partial charge in [-0.05, 0) is 51.6 Å². The highest BCUT2D eigenvalue weighted by atomic mass is 16.5. The number of hydrogen-bond acceptors (Lipinski definition) is 3. The van der Waals surface area contributed by atoms with E-state index in [2.05, 4.69) is 62.3 Å². The van der Waals surface area contributed by atoms with Gasteiger partial charge in [0.25, 0.3) is 0 Å². The van der Waals surface area contributed by atoms with Crippen LogP contribution in [0.5, 0.6) is 5.75 Å². The van der Waals surface area contributed by atoms with Crippen molar-refractivity contribution in [2.75, 3.05) is 27.2 Å². The molecule has 0 aliphatic heterocycles. The van der Waals surface area contributed by atoms with Crippen LogP contribution in [0.2, 0.25) is 0 Å². The second-order valence-corrected chi connectivity index (χ2v) is 5.84. The zero-order chi connectivity index (χ0) is 15.7. The number of nitrogens with one attached hydrogen (secondary N) is 1. The van der Waals surface area contributed by atoms with Gasteiger partial charge in [0.2, 0.25) is 0 Å². The second kappa shape index (κ2) is 9.80. The molecule has 21 heavy (non-hydrogen) atoms. The first-order valence-electron chi connectivity index (χ1n) is 8.22. The fraction of sp³-hybridized carbons (Fsp3) is 0.667. The predicted octanol–water partition coefficient (Wildman–Crippen LogP) is 3.86. The molecular formula is C18H32N2O. The lowest BCUT2D eigenvalue weighted by atomic mass is 10.0. The van der Waals surface area contributed by atoms with Crippen molar-refractivity contribution < 1.29 is 4.74 Å². The Labute approximate surface area is 130 Å². The van der Waals surface area contributed by atoms with E-state index < -0.39 is 0 Å². The molecule has 3 nitrogen and oxygen atoms in total. The van der Waals surface area contributed by atoms with Gasteiger partial charge >= 0.3 is 0 Å². The Hall–Kier alpha value is -1.06. The van der Waals surface area contributed by atoms with Crippen LogP contribution in [-0.2, 0) is 0 Å². The lowest BCUT2D eigenvalue weighted by Crippen LogP contribution is -2.36. The first-order valence-corrected chi connectivity index (χ1v) is 8.22. The van der Waals surface area contributed by atoms with Crippen molar-refractivity contribution in [2.45, 2.75) is 52.1 Å². The van der Waals surface area contributed by atoms with E-state index in [1.807, 2.05) is 7.05 Å². The summed E-state index contributed by atoms with van der Waals surface area (Å²) in [4.78, 5) is 2.44. The van der Waals surface area contributed by atoms with Crippen molar-refractivity contribution in [3.8, 4) is 5.75 Å². The first-order chi connectivity index (χ1) is 10.1. The van der Waals surface area contributed by atoms with Gasteiger partial charge < -0.3 is 15.0 Å². The van der Waals surface area contributed by atoms with Crippen molar-refractivity contribution >= 4 is 0 Å². The Morgan fingerprint density at radius 3 is 2.33 bits per heavy atom. The van der Waals surface area contributed by atoms with Gasteiger partial charge in [-0.3, -0.25) is 0 Å². The summed E-state index contributed by atoms with van der Waals surface area (Å²) in [6.07, 6.45) is 3.52. The SMILES string of the molecule is CCCOc1ccc(C(CN(C)C(C)CCC)NC)cc1. The standard InChI is InChI=1S/C18H32N2O/c1-6-8-15(3)20(5)14-18(19-4)16-9-11-17(12-10-16)21-13-7-2/h9-12,15,18-19H,6-8,13-14H2,1-5H3. The average molecular weight is 292 g/mol. The lowest BCUT2D eigenvalue weighted by molar-refractivity contribution is 0.222. The van der Waals surface area contributed by atoms with Crippen molar-refractivity contribution in [1.29, 1.82) is 0 Å². The minimum atomic E-state index is 0.356. The minimum absolute atomic E-state index is 0.356. The van der Waals surface area contributed by atoms with Crippen LogP contribution >= 0.6 is 0 Å². The predicted molar refractivity (Wildman–Crippen MR) is 91.0 cm³/mol. The van der Waals surface area contributed by atoms with Gasteiger partial charge in [-0.25, -0.2) is 0 Å². The molecule has 1 rings (SSSR count). The van der Waals surface area contributed by atoms with Crippen LogP contribution in [0.1, 0.15) is 51.6 Å². The molecule has 0 radical (unpaired) electrons. The Morgan fingerprint density at radius 1 is 1.14 bits per heavy atom. The molecule has 0 heterocycles. The Kier molecular flexibility index (Phi) is 8.40. The third-order valence-electron chi connectivity index (χ3n) is 4.03. The largest absolute Gasteiger partial charge is 0.494 e. The van der Waals surface area contributed by atoms with Crippen LogP contribution in [0.4, 0.5) is 0 Å². The highest BCUT2D eigenvalue weighted by Gasteiger charge is 2.15. The summed E-state index contributed by atoms with van der Waals surface area (Å²) in [6, 6.07) is 9.47. The summed E-state index contributed by atoms with van der Waals surface area (Å²) in [6.45, 7) is 8.48. The van der Waals surface area contributed by atoms with E-state index >= 15 is 0 Å². The maximum atomic E-state index is 5.64. The van der Waals surface area contributed by atoms with Gasteiger partial charge in [0, 0.05) is 18.6 Å².